The minimum Gasteiger partial charge on any atom is -0.384 e. The Bertz CT molecular complexity index is 561. The SMILES string of the molecule is Cc1cnn(Cc2ccc(SC(F)(F)F)cc2)c1N. The molecule has 0 atom stereocenters. The molecule has 102 valence electrons. The van der Waals surface area contributed by atoms with Crippen molar-refractivity contribution in [3.8, 4) is 0 Å². The van der Waals surface area contributed by atoms with Crippen LogP contribution in [0.2, 0.25) is 0 Å². The third-order valence-electron chi connectivity index (χ3n) is 2.56. The van der Waals surface area contributed by atoms with Gasteiger partial charge in [0.25, 0.3) is 0 Å². The van der Waals surface area contributed by atoms with Crippen molar-refractivity contribution in [2.45, 2.75) is 23.9 Å². The summed E-state index contributed by atoms with van der Waals surface area (Å²) in [6.07, 6.45) is 1.66. The molecule has 2 rings (SSSR count). The zero-order valence-corrected chi connectivity index (χ0v) is 10.9. The molecular formula is C12H12F3N3S. The summed E-state index contributed by atoms with van der Waals surface area (Å²) in [4.78, 5) is 0.167. The van der Waals surface area contributed by atoms with Crippen LogP contribution in [-0.2, 0) is 6.54 Å². The lowest BCUT2D eigenvalue weighted by Gasteiger charge is -2.07. The van der Waals surface area contributed by atoms with Gasteiger partial charge in [0.05, 0.1) is 12.7 Å². The molecule has 0 aliphatic carbocycles. The van der Waals surface area contributed by atoms with Gasteiger partial charge >= 0.3 is 5.51 Å². The summed E-state index contributed by atoms with van der Waals surface area (Å²) >= 11 is -0.124. The number of nitrogens with zero attached hydrogens (tertiary/aromatic N) is 2. The topological polar surface area (TPSA) is 43.8 Å². The summed E-state index contributed by atoms with van der Waals surface area (Å²) in [7, 11) is 0. The van der Waals surface area contributed by atoms with E-state index in [0.717, 1.165) is 11.1 Å². The van der Waals surface area contributed by atoms with E-state index in [9.17, 15) is 13.2 Å². The summed E-state index contributed by atoms with van der Waals surface area (Å²) in [5, 5.41) is 4.10. The number of nitrogens with two attached hydrogens (primary N) is 1. The van der Waals surface area contributed by atoms with Crippen molar-refractivity contribution in [2.75, 3.05) is 5.73 Å². The Labute approximate surface area is 112 Å². The Morgan fingerprint density at radius 3 is 2.37 bits per heavy atom. The molecule has 2 N–H and O–H groups in total. The van der Waals surface area contributed by atoms with Crippen molar-refractivity contribution in [2.24, 2.45) is 0 Å². The Morgan fingerprint density at radius 2 is 1.89 bits per heavy atom. The maximum Gasteiger partial charge on any atom is 0.446 e. The largest absolute Gasteiger partial charge is 0.446 e. The molecule has 0 unspecified atom stereocenters. The van der Waals surface area contributed by atoms with E-state index in [1.807, 2.05) is 6.92 Å². The van der Waals surface area contributed by atoms with Gasteiger partial charge in [0.15, 0.2) is 0 Å². The number of aryl methyl sites for hydroxylation is 1. The minimum absolute atomic E-state index is 0.124. The van der Waals surface area contributed by atoms with Crippen LogP contribution in [0.15, 0.2) is 35.4 Å². The molecule has 1 aromatic carbocycles. The van der Waals surface area contributed by atoms with E-state index < -0.39 is 5.51 Å². The van der Waals surface area contributed by atoms with Crippen molar-refractivity contribution >= 4 is 17.6 Å². The van der Waals surface area contributed by atoms with Crippen LogP contribution in [0.5, 0.6) is 0 Å². The van der Waals surface area contributed by atoms with Gasteiger partial charge in [0.1, 0.15) is 5.82 Å². The van der Waals surface area contributed by atoms with Crippen LogP contribution in [0.1, 0.15) is 11.1 Å². The van der Waals surface area contributed by atoms with Crippen LogP contribution < -0.4 is 5.73 Å². The highest BCUT2D eigenvalue weighted by Gasteiger charge is 2.28. The fourth-order valence-corrected chi connectivity index (χ4v) is 2.12. The predicted molar refractivity (Wildman–Crippen MR) is 68.8 cm³/mol. The van der Waals surface area contributed by atoms with Gasteiger partial charge in [0.2, 0.25) is 0 Å². The summed E-state index contributed by atoms with van der Waals surface area (Å²) < 4.78 is 38.1. The number of halogens is 3. The van der Waals surface area contributed by atoms with E-state index in [1.54, 1.807) is 23.0 Å². The van der Waals surface area contributed by atoms with Gasteiger partial charge in [-0.1, -0.05) is 12.1 Å². The zero-order valence-electron chi connectivity index (χ0n) is 10.1. The van der Waals surface area contributed by atoms with Crippen LogP contribution in [0.4, 0.5) is 19.0 Å². The standard InChI is InChI=1S/C12H12F3N3S/c1-8-6-17-18(11(8)16)7-9-2-4-10(5-3-9)19-12(13,14)15/h2-6H,7,16H2,1H3. The highest BCUT2D eigenvalue weighted by molar-refractivity contribution is 8.00. The van der Waals surface area contributed by atoms with E-state index in [1.165, 1.54) is 12.1 Å². The lowest BCUT2D eigenvalue weighted by molar-refractivity contribution is -0.0328. The fourth-order valence-electron chi connectivity index (χ4n) is 1.58. The molecule has 0 spiro atoms. The zero-order chi connectivity index (χ0) is 14.0. The molecule has 1 heterocycles. The second kappa shape index (κ2) is 5.16. The van der Waals surface area contributed by atoms with Crippen molar-refractivity contribution in [3.05, 3.63) is 41.6 Å². The molecule has 0 bridgehead atoms. The molecule has 0 radical (unpaired) electrons. The Hall–Kier alpha value is -1.63. The van der Waals surface area contributed by atoms with E-state index in [-0.39, 0.29) is 16.7 Å². The van der Waals surface area contributed by atoms with E-state index >= 15 is 0 Å². The first kappa shape index (κ1) is 13.8. The lowest BCUT2D eigenvalue weighted by atomic mass is 10.2. The summed E-state index contributed by atoms with van der Waals surface area (Å²) in [5.41, 5.74) is 3.28. The van der Waals surface area contributed by atoms with Crippen LogP contribution >= 0.6 is 11.8 Å². The highest BCUT2D eigenvalue weighted by atomic mass is 32.2. The molecule has 0 amide bonds. The quantitative estimate of drug-likeness (QED) is 0.879. The number of hydrogen-bond donors (Lipinski definition) is 1. The maximum absolute atomic E-state index is 12.2. The second-order valence-electron chi connectivity index (χ2n) is 4.06. The molecule has 1 aromatic heterocycles. The first-order chi connectivity index (χ1) is 8.85. The summed E-state index contributed by atoms with van der Waals surface area (Å²) in [6, 6.07) is 6.18. The van der Waals surface area contributed by atoms with E-state index in [2.05, 4.69) is 5.10 Å². The van der Waals surface area contributed by atoms with Gasteiger partial charge in [-0.05, 0) is 36.4 Å². The number of anilines is 1. The Morgan fingerprint density at radius 1 is 1.26 bits per heavy atom. The van der Waals surface area contributed by atoms with Crippen LogP contribution in [-0.4, -0.2) is 15.3 Å². The smallest absolute Gasteiger partial charge is 0.384 e. The summed E-state index contributed by atoms with van der Waals surface area (Å²) in [5.74, 6) is 0.564. The highest BCUT2D eigenvalue weighted by Crippen LogP contribution is 2.36. The van der Waals surface area contributed by atoms with Gasteiger partial charge < -0.3 is 5.73 Å². The fraction of sp³-hybridized carbons (Fsp3) is 0.250. The Balaban J connectivity index is 2.09. The normalized spacial score (nSPS) is 11.8. The van der Waals surface area contributed by atoms with Gasteiger partial charge in [-0.25, -0.2) is 4.68 Å². The van der Waals surface area contributed by atoms with Gasteiger partial charge in [0, 0.05) is 10.5 Å². The lowest BCUT2D eigenvalue weighted by Crippen LogP contribution is -2.06. The van der Waals surface area contributed by atoms with Crippen LogP contribution in [0, 0.1) is 6.92 Å². The molecule has 7 heteroatoms. The van der Waals surface area contributed by atoms with Crippen molar-refractivity contribution in [1.82, 2.24) is 9.78 Å². The number of thioether (sulfide) groups is 1. The molecule has 0 aliphatic rings. The van der Waals surface area contributed by atoms with Gasteiger partial charge in [-0.3, -0.25) is 0 Å². The first-order valence-corrected chi connectivity index (χ1v) is 6.29. The van der Waals surface area contributed by atoms with Crippen molar-refractivity contribution < 1.29 is 13.2 Å². The molecule has 0 fully saturated rings. The number of rotatable bonds is 3. The number of alkyl halides is 3. The number of nitrogen functional groups attached to an aromatic ring is 1. The van der Waals surface area contributed by atoms with E-state index in [0.29, 0.717) is 12.4 Å². The molecule has 2 aromatic rings. The monoisotopic (exact) mass is 287 g/mol. The molecule has 0 saturated heterocycles. The van der Waals surface area contributed by atoms with Gasteiger partial charge in [-0.15, -0.1) is 0 Å². The third-order valence-corrected chi connectivity index (χ3v) is 3.30. The number of aromatic nitrogens is 2. The number of benzene rings is 1. The molecule has 3 nitrogen and oxygen atoms in total. The number of hydrogen-bond acceptors (Lipinski definition) is 3. The second-order valence-corrected chi connectivity index (χ2v) is 5.20. The Kier molecular flexibility index (Phi) is 3.75. The van der Waals surface area contributed by atoms with E-state index in [4.69, 9.17) is 5.73 Å². The minimum atomic E-state index is -4.26. The molecule has 19 heavy (non-hydrogen) atoms. The van der Waals surface area contributed by atoms with Crippen LogP contribution in [0.3, 0.4) is 0 Å². The maximum atomic E-state index is 12.2. The molecule has 0 aliphatic heterocycles. The average molecular weight is 287 g/mol. The predicted octanol–water partition coefficient (Wildman–Crippen LogP) is 3.43. The molecule has 0 saturated carbocycles. The first-order valence-electron chi connectivity index (χ1n) is 5.48. The third kappa shape index (κ3) is 3.66. The molecular weight excluding hydrogens is 275 g/mol. The average Bonchev–Trinajstić information content (AvgIpc) is 2.62. The summed E-state index contributed by atoms with van der Waals surface area (Å²) in [6.45, 7) is 2.29. The van der Waals surface area contributed by atoms with Crippen molar-refractivity contribution in [1.29, 1.82) is 0 Å². The van der Waals surface area contributed by atoms with Crippen LogP contribution in [0.25, 0.3) is 0 Å². The van der Waals surface area contributed by atoms with Gasteiger partial charge in [-0.2, -0.15) is 18.3 Å². The van der Waals surface area contributed by atoms with Crippen molar-refractivity contribution in [3.63, 3.8) is 0 Å².